The molecule has 0 aliphatic carbocycles. The van der Waals surface area contributed by atoms with Crippen LogP contribution in [0.1, 0.15) is 18.9 Å². The van der Waals surface area contributed by atoms with Gasteiger partial charge in [0, 0.05) is 11.7 Å². The third-order valence-corrected chi connectivity index (χ3v) is 4.24. The van der Waals surface area contributed by atoms with E-state index in [1.807, 2.05) is 13.0 Å². The summed E-state index contributed by atoms with van der Waals surface area (Å²) in [4.78, 5) is 14.3. The van der Waals surface area contributed by atoms with E-state index in [1.54, 1.807) is 29.2 Å². The molecule has 1 aliphatic heterocycles. The number of amides is 2. The molecule has 2 amide bonds. The molecule has 3 rings (SSSR count). The van der Waals surface area contributed by atoms with Crippen LogP contribution < -0.4 is 10.2 Å². The quantitative estimate of drug-likeness (QED) is 0.800. The number of anilines is 2. The van der Waals surface area contributed by atoms with Crippen molar-refractivity contribution in [3.63, 3.8) is 0 Å². The Morgan fingerprint density at radius 3 is 2.86 bits per heavy atom. The number of aryl methyl sites for hydroxylation is 1. The fraction of sp³-hybridized carbons (Fsp3) is 0.235. The van der Waals surface area contributed by atoms with Gasteiger partial charge in [-0.2, -0.15) is 0 Å². The van der Waals surface area contributed by atoms with E-state index in [-0.39, 0.29) is 17.9 Å². The van der Waals surface area contributed by atoms with Crippen LogP contribution in [0.15, 0.2) is 42.5 Å². The van der Waals surface area contributed by atoms with Crippen molar-refractivity contribution in [2.45, 2.75) is 25.8 Å². The normalized spacial score (nSPS) is 17.0. The van der Waals surface area contributed by atoms with Gasteiger partial charge in [-0.15, -0.1) is 0 Å². The number of halogens is 2. The number of nitrogens with one attached hydrogen (secondary N) is 1. The Morgan fingerprint density at radius 1 is 1.32 bits per heavy atom. The first kappa shape index (κ1) is 14.9. The molecule has 1 unspecified atom stereocenters. The van der Waals surface area contributed by atoms with Crippen LogP contribution in [0, 0.1) is 5.82 Å². The zero-order chi connectivity index (χ0) is 15.7. The highest BCUT2D eigenvalue weighted by atomic mass is 35.5. The first-order valence-electron chi connectivity index (χ1n) is 7.19. The minimum atomic E-state index is -0.278. The van der Waals surface area contributed by atoms with Gasteiger partial charge in [-0.3, -0.25) is 4.90 Å². The van der Waals surface area contributed by atoms with Crippen LogP contribution >= 0.6 is 11.6 Å². The number of nitrogens with zero attached hydrogens (tertiary/aromatic N) is 1. The lowest BCUT2D eigenvalue weighted by molar-refractivity contribution is 0.254. The predicted molar refractivity (Wildman–Crippen MR) is 87.1 cm³/mol. The molecule has 2 aromatic carbocycles. The molecule has 0 radical (unpaired) electrons. The molecule has 114 valence electrons. The second kappa shape index (κ2) is 5.97. The zero-order valence-corrected chi connectivity index (χ0v) is 12.9. The Hall–Kier alpha value is -2.07. The summed E-state index contributed by atoms with van der Waals surface area (Å²) in [7, 11) is 0. The lowest BCUT2D eigenvalue weighted by atomic mass is 9.97. The number of rotatable bonds is 1. The number of hydrogen-bond acceptors (Lipinski definition) is 1. The molecule has 1 heterocycles. The van der Waals surface area contributed by atoms with Crippen LogP contribution in [0.4, 0.5) is 20.6 Å². The Balaban J connectivity index is 1.91. The molecule has 1 N–H and O–H groups in total. The lowest BCUT2D eigenvalue weighted by Crippen LogP contribution is -2.44. The van der Waals surface area contributed by atoms with Crippen molar-refractivity contribution in [3.8, 4) is 0 Å². The second-order valence-corrected chi connectivity index (χ2v) is 5.85. The predicted octanol–water partition coefficient (Wildman–Crippen LogP) is 4.85. The Morgan fingerprint density at radius 2 is 2.09 bits per heavy atom. The van der Waals surface area contributed by atoms with E-state index in [9.17, 15) is 9.18 Å². The van der Waals surface area contributed by atoms with E-state index >= 15 is 0 Å². The van der Waals surface area contributed by atoms with Crippen molar-refractivity contribution in [1.82, 2.24) is 0 Å². The number of benzene rings is 2. The number of fused-ring (bicyclic) bond motifs is 1. The van der Waals surface area contributed by atoms with Crippen molar-refractivity contribution in [2.75, 3.05) is 10.2 Å². The van der Waals surface area contributed by atoms with E-state index in [4.69, 9.17) is 11.6 Å². The Kier molecular flexibility index (Phi) is 4.03. The molecule has 0 bridgehead atoms. The van der Waals surface area contributed by atoms with E-state index in [2.05, 4.69) is 5.32 Å². The van der Waals surface area contributed by atoms with Crippen LogP contribution in [-0.4, -0.2) is 12.1 Å². The van der Waals surface area contributed by atoms with E-state index in [0.717, 1.165) is 24.1 Å². The first-order valence-corrected chi connectivity index (χ1v) is 7.57. The summed E-state index contributed by atoms with van der Waals surface area (Å²) in [6.45, 7) is 1.98. The molecular weight excluding hydrogens is 303 g/mol. The molecule has 0 saturated heterocycles. The van der Waals surface area contributed by atoms with Gasteiger partial charge in [-0.25, -0.2) is 9.18 Å². The van der Waals surface area contributed by atoms with Gasteiger partial charge in [0.25, 0.3) is 0 Å². The Labute approximate surface area is 133 Å². The Bertz CT molecular complexity index is 720. The van der Waals surface area contributed by atoms with E-state index < -0.39 is 0 Å². The van der Waals surface area contributed by atoms with Gasteiger partial charge >= 0.3 is 6.03 Å². The van der Waals surface area contributed by atoms with Crippen LogP contribution in [0.2, 0.25) is 5.02 Å². The van der Waals surface area contributed by atoms with Crippen molar-refractivity contribution in [2.24, 2.45) is 0 Å². The standard InChI is InChI=1S/C17H16ClFN2O/c1-11-6-7-12-10-13(19)8-9-16(12)21(11)17(22)20-15-5-3-2-4-14(15)18/h2-5,8-11H,6-7H2,1H3,(H,20,22). The largest absolute Gasteiger partial charge is 0.326 e. The summed E-state index contributed by atoms with van der Waals surface area (Å²) < 4.78 is 13.4. The third kappa shape index (κ3) is 2.79. The minimum absolute atomic E-state index is 0.0421. The number of urea groups is 1. The van der Waals surface area contributed by atoms with Gasteiger partial charge in [0.15, 0.2) is 0 Å². The molecule has 0 fully saturated rings. The maximum absolute atomic E-state index is 13.4. The average molecular weight is 319 g/mol. The molecule has 1 aliphatic rings. The van der Waals surface area contributed by atoms with Crippen molar-refractivity contribution in [1.29, 1.82) is 0 Å². The molecule has 0 spiro atoms. The molecule has 5 heteroatoms. The SMILES string of the molecule is CC1CCc2cc(F)ccc2N1C(=O)Nc1ccccc1Cl. The highest BCUT2D eigenvalue weighted by Crippen LogP contribution is 2.32. The average Bonchev–Trinajstić information content (AvgIpc) is 2.49. The monoisotopic (exact) mass is 318 g/mol. The fourth-order valence-corrected chi connectivity index (χ4v) is 2.95. The molecule has 2 aromatic rings. The number of hydrogen-bond donors (Lipinski definition) is 1. The molecule has 22 heavy (non-hydrogen) atoms. The summed E-state index contributed by atoms with van der Waals surface area (Å²) in [6, 6.07) is 11.4. The summed E-state index contributed by atoms with van der Waals surface area (Å²) in [5.41, 5.74) is 2.17. The molecule has 0 saturated carbocycles. The van der Waals surface area contributed by atoms with Crippen LogP contribution in [0.5, 0.6) is 0 Å². The summed E-state index contributed by atoms with van der Waals surface area (Å²) in [5.74, 6) is -0.278. The van der Waals surface area contributed by atoms with Gasteiger partial charge in [-0.05, 0) is 55.7 Å². The summed E-state index contributed by atoms with van der Waals surface area (Å²) >= 11 is 6.08. The zero-order valence-electron chi connectivity index (χ0n) is 12.1. The van der Waals surface area contributed by atoms with Crippen LogP contribution in [0.3, 0.4) is 0 Å². The van der Waals surface area contributed by atoms with Crippen LogP contribution in [-0.2, 0) is 6.42 Å². The lowest BCUT2D eigenvalue weighted by Gasteiger charge is -2.35. The third-order valence-electron chi connectivity index (χ3n) is 3.91. The fourth-order valence-electron chi connectivity index (χ4n) is 2.77. The topological polar surface area (TPSA) is 32.3 Å². The number of carbonyl (C=O) groups is 1. The maximum atomic E-state index is 13.4. The minimum Gasteiger partial charge on any atom is -0.306 e. The van der Waals surface area contributed by atoms with Crippen LogP contribution in [0.25, 0.3) is 0 Å². The molecule has 3 nitrogen and oxygen atoms in total. The number of carbonyl (C=O) groups excluding carboxylic acids is 1. The van der Waals surface area contributed by atoms with E-state index in [1.165, 1.54) is 12.1 Å². The summed E-state index contributed by atoms with van der Waals surface area (Å²) in [6.07, 6.45) is 1.57. The van der Waals surface area contributed by atoms with Gasteiger partial charge in [0.05, 0.1) is 10.7 Å². The molecular formula is C17H16ClFN2O. The van der Waals surface area contributed by atoms with E-state index in [0.29, 0.717) is 10.7 Å². The molecule has 1 atom stereocenters. The van der Waals surface area contributed by atoms with Gasteiger partial charge in [-0.1, -0.05) is 23.7 Å². The smallest absolute Gasteiger partial charge is 0.306 e. The van der Waals surface area contributed by atoms with Gasteiger partial charge in [0.2, 0.25) is 0 Å². The van der Waals surface area contributed by atoms with Crippen molar-refractivity contribution >= 4 is 29.0 Å². The van der Waals surface area contributed by atoms with Gasteiger partial charge in [0.1, 0.15) is 5.82 Å². The number of para-hydroxylation sites is 1. The highest BCUT2D eigenvalue weighted by Gasteiger charge is 2.28. The van der Waals surface area contributed by atoms with Gasteiger partial charge < -0.3 is 5.32 Å². The second-order valence-electron chi connectivity index (χ2n) is 5.44. The van der Waals surface area contributed by atoms with Crippen molar-refractivity contribution < 1.29 is 9.18 Å². The highest BCUT2D eigenvalue weighted by molar-refractivity contribution is 6.33. The summed E-state index contributed by atoms with van der Waals surface area (Å²) in [5, 5.41) is 3.31. The van der Waals surface area contributed by atoms with Crippen molar-refractivity contribution in [3.05, 3.63) is 58.9 Å². The maximum Gasteiger partial charge on any atom is 0.326 e. The first-order chi connectivity index (χ1) is 10.6. The molecule has 0 aromatic heterocycles.